The van der Waals surface area contributed by atoms with Crippen LogP contribution in [-0.4, -0.2) is 12.8 Å². The van der Waals surface area contributed by atoms with Gasteiger partial charge in [0, 0.05) is 29.0 Å². The third-order valence-corrected chi connectivity index (χ3v) is 4.10. The summed E-state index contributed by atoms with van der Waals surface area (Å²) in [5, 5.41) is 0.741. The van der Waals surface area contributed by atoms with E-state index in [1.54, 1.807) is 6.07 Å². The fraction of sp³-hybridized carbons (Fsp3) is 0.235. The van der Waals surface area contributed by atoms with Crippen molar-refractivity contribution in [3.05, 3.63) is 58.6 Å². The molecule has 0 aliphatic carbocycles. The lowest BCUT2D eigenvalue weighted by atomic mass is 10.0. The summed E-state index contributed by atoms with van der Waals surface area (Å²) in [4.78, 5) is 13.5. The molecule has 2 aromatic rings. The number of hydrogen-bond donors (Lipinski definition) is 1. The number of halogens is 1. The molecule has 0 heterocycles. The SMILES string of the molecule is CC(=O)c1ccc(N(C)C(C)c2ccccc2Cl)cc1N. The van der Waals surface area contributed by atoms with Crippen molar-refractivity contribution >= 4 is 28.8 Å². The van der Waals surface area contributed by atoms with Gasteiger partial charge in [0.1, 0.15) is 0 Å². The maximum absolute atomic E-state index is 11.4. The Morgan fingerprint density at radius 2 is 1.90 bits per heavy atom. The Balaban J connectivity index is 2.32. The van der Waals surface area contributed by atoms with Crippen LogP contribution in [0.15, 0.2) is 42.5 Å². The molecular weight excluding hydrogens is 284 g/mol. The molecule has 2 rings (SSSR count). The number of nitrogens with zero attached hydrogens (tertiary/aromatic N) is 1. The normalized spacial score (nSPS) is 12.0. The van der Waals surface area contributed by atoms with Gasteiger partial charge < -0.3 is 10.6 Å². The maximum Gasteiger partial charge on any atom is 0.161 e. The number of hydrogen-bond acceptors (Lipinski definition) is 3. The van der Waals surface area contributed by atoms with Gasteiger partial charge >= 0.3 is 0 Å². The first-order valence-electron chi connectivity index (χ1n) is 6.79. The van der Waals surface area contributed by atoms with Crippen LogP contribution in [0.2, 0.25) is 5.02 Å². The minimum atomic E-state index is -0.0270. The van der Waals surface area contributed by atoms with Crippen LogP contribution in [0.1, 0.15) is 35.8 Å². The number of Topliss-reactive ketones (excluding diaryl/α,β-unsaturated/α-hetero) is 1. The van der Waals surface area contributed by atoms with Gasteiger partial charge in [-0.25, -0.2) is 0 Å². The summed E-state index contributed by atoms with van der Waals surface area (Å²) in [5.74, 6) is -0.0270. The summed E-state index contributed by atoms with van der Waals surface area (Å²) in [6, 6.07) is 13.4. The van der Waals surface area contributed by atoms with E-state index in [2.05, 4.69) is 11.8 Å². The first kappa shape index (κ1) is 15.4. The standard InChI is InChI=1S/C17H19ClN2O/c1-11(14-6-4-5-7-16(14)18)20(3)13-8-9-15(12(2)21)17(19)10-13/h4-11H,19H2,1-3H3. The van der Waals surface area contributed by atoms with Gasteiger partial charge in [-0.1, -0.05) is 29.8 Å². The second kappa shape index (κ2) is 6.19. The van der Waals surface area contributed by atoms with Gasteiger partial charge in [-0.3, -0.25) is 4.79 Å². The summed E-state index contributed by atoms with van der Waals surface area (Å²) < 4.78 is 0. The average Bonchev–Trinajstić information content (AvgIpc) is 2.45. The maximum atomic E-state index is 11.4. The van der Waals surface area contributed by atoms with E-state index in [4.69, 9.17) is 17.3 Å². The van der Waals surface area contributed by atoms with Crippen LogP contribution in [0, 0.1) is 0 Å². The van der Waals surface area contributed by atoms with E-state index in [0.717, 1.165) is 16.3 Å². The van der Waals surface area contributed by atoms with Gasteiger partial charge in [0.2, 0.25) is 0 Å². The number of anilines is 2. The summed E-state index contributed by atoms with van der Waals surface area (Å²) in [6.07, 6.45) is 0. The van der Waals surface area contributed by atoms with Crippen molar-refractivity contribution < 1.29 is 4.79 Å². The molecule has 4 heteroatoms. The second-order valence-corrected chi connectivity index (χ2v) is 5.54. The Bertz CT molecular complexity index is 670. The third kappa shape index (κ3) is 3.19. The minimum Gasteiger partial charge on any atom is -0.398 e. The highest BCUT2D eigenvalue weighted by Crippen LogP contribution is 2.31. The monoisotopic (exact) mass is 302 g/mol. The largest absolute Gasteiger partial charge is 0.398 e. The molecule has 0 saturated heterocycles. The van der Waals surface area contributed by atoms with Crippen LogP contribution < -0.4 is 10.6 Å². The minimum absolute atomic E-state index is 0.0270. The zero-order valence-electron chi connectivity index (χ0n) is 12.4. The predicted molar refractivity (Wildman–Crippen MR) is 89.1 cm³/mol. The van der Waals surface area contributed by atoms with E-state index in [0.29, 0.717) is 11.3 Å². The predicted octanol–water partition coefficient (Wildman–Crippen LogP) is 4.32. The lowest BCUT2D eigenvalue weighted by Crippen LogP contribution is -2.22. The van der Waals surface area contributed by atoms with E-state index in [1.165, 1.54) is 6.92 Å². The molecule has 0 spiro atoms. The Kier molecular flexibility index (Phi) is 4.53. The second-order valence-electron chi connectivity index (χ2n) is 5.14. The highest BCUT2D eigenvalue weighted by atomic mass is 35.5. The first-order valence-corrected chi connectivity index (χ1v) is 7.17. The van der Waals surface area contributed by atoms with Crippen molar-refractivity contribution in [2.45, 2.75) is 19.9 Å². The molecule has 2 N–H and O–H groups in total. The third-order valence-electron chi connectivity index (χ3n) is 3.76. The van der Waals surface area contributed by atoms with Crippen molar-refractivity contribution in [2.75, 3.05) is 17.7 Å². The van der Waals surface area contributed by atoms with Gasteiger partial charge in [0.25, 0.3) is 0 Å². The molecule has 3 nitrogen and oxygen atoms in total. The van der Waals surface area contributed by atoms with E-state index < -0.39 is 0 Å². The molecule has 2 aromatic carbocycles. The Morgan fingerprint density at radius 3 is 2.48 bits per heavy atom. The Morgan fingerprint density at radius 1 is 1.24 bits per heavy atom. The van der Waals surface area contributed by atoms with Crippen LogP contribution in [0.25, 0.3) is 0 Å². The van der Waals surface area contributed by atoms with Crippen LogP contribution >= 0.6 is 11.6 Å². The van der Waals surface area contributed by atoms with Crippen LogP contribution in [0.3, 0.4) is 0 Å². The van der Waals surface area contributed by atoms with E-state index >= 15 is 0 Å². The molecule has 0 aliphatic rings. The molecule has 0 aromatic heterocycles. The van der Waals surface area contributed by atoms with Crippen LogP contribution in [0.5, 0.6) is 0 Å². The number of rotatable bonds is 4. The number of nitrogen functional groups attached to an aromatic ring is 1. The van der Waals surface area contributed by atoms with E-state index in [1.807, 2.05) is 43.4 Å². The quantitative estimate of drug-likeness (QED) is 0.675. The Labute approximate surface area is 130 Å². The molecule has 21 heavy (non-hydrogen) atoms. The molecule has 0 radical (unpaired) electrons. The fourth-order valence-electron chi connectivity index (χ4n) is 2.34. The molecule has 1 atom stereocenters. The van der Waals surface area contributed by atoms with Gasteiger partial charge in [-0.2, -0.15) is 0 Å². The zero-order valence-corrected chi connectivity index (χ0v) is 13.2. The van der Waals surface area contributed by atoms with Crippen molar-refractivity contribution in [1.82, 2.24) is 0 Å². The average molecular weight is 303 g/mol. The van der Waals surface area contributed by atoms with Gasteiger partial charge in [-0.15, -0.1) is 0 Å². The number of ketones is 1. The summed E-state index contributed by atoms with van der Waals surface area (Å²) >= 11 is 6.25. The molecule has 0 saturated carbocycles. The molecule has 0 aliphatic heterocycles. The van der Waals surface area contributed by atoms with Crippen LogP contribution in [-0.2, 0) is 0 Å². The summed E-state index contributed by atoms with van der Waals surface area (Å²) in [6.45, 7) is 3.59. The first-order chi connectivity index (χ1) is 9.91. The van der Waals surface area contributed by atoms with Crippen molar-refractivity contribution in [3.63, 3.8) is 0 Å². The Hall–Kier alpha value is -2.00. The van der Waals surface area contributed by atoms with Crippen molar-refractivity contribution in [1.29, 1.82) is 0 Å². The molecule has 1 unspecified atom stereocenters. The number of nitrogens with two attached hydrogens (primary N) is 1. The van der Waals surface area contributed by atoms with Crippen molar-refractivity contribution in [2.24, 2.45) is 0 Å². The van der Waals surface area contributed by atoms with Crippen LogP contribution in [0.4, 0.5) is 11.4 Å². The van der Waals surface area contributed by atoms with Gasteiger partial charge in [-0.05, 0) is 43.7 Å². The van der Waals surface area contributed by atoms with Gasteiger partial charge in [0.05, 0.1) is 6.04 Å². The topological polar surface area (TPSA) is 46.3 Å². The number of carbonyl (C=O) groups is 1. The van der Waals surface area contributed by atoms with E-state index in [9.17, 15) is 4.79 Å². The number of benzene rings is 2. The zero-order chi connectivity index (χ0) is 15.6. The molecule has 0 fully saturated rings. The fourth-order valence-corrected chi connectivity index (χ4v) is 2.63. The van der Waals surface area contributed by atoms with Crippen molar-refractivity contribution in [3.8, 4) is 0 Å². The summed E-state index contributed by atoms with van der Waals surface area (Å²) in [5.41, 5.74) is 9.01. The molecule has 0 amide bonds. The molecule has 110 valence electrons. The number of carbonyl (C=O) groups excluding carboxylic acids is 1. The molecular formula is C17H19ClN2O. The summed E-state index contributed by atoms with van der Waals surface area (Å²) in [7, 11) is 1.98. The highest BCUT2D eigenvalue weighted by Gasteiger charge is 2.16. The lowest BCUT2D eigenvalue weighted by Gasteiger charge is -2.28. The lowest BCUT2D eigenvalue weighted by molar-refractivity contribution is 0.101. The molecule has 0 bridgehead atoms. The smallest absolute Gasteiger partial charge is 0.161 e. The van der Waals surface area contributed by atoms with Gasteiger partial charge in [0.15, 0.2) is 5.78 Å². The highest BCUT2D eigenvalue weighted by molar-refractivity contribution is 6.31. The van der Waals surface area contributed by atoms with E-state index in [-0.39, 0.29) is 11.8 Å².